The summed E-state index contributed by atoms with van der Waals surface area (Å²) in [7, 11) is 1.28. The third-order valence-electron chi connectivity index (χ3n) is 6.35. The van der Waals surface area contributed by atoms with Gasteiger partial charge in [-0.3, -0.25) is 9.59 Å². The van der Waals surface area contributed by atoms with Gasteiger partial charge in [-0.25, -0.2) is 24.4 Å². The first-order valence-electron chi connectivity index (χ1n) is 15.5. The minimum atomic E-state index is -0.870. The lowest BCUT2D eigenvalue weighted by molar-refractivity contribution is -0.141. The highest BCUT2D eigenvalue weighted by molar-refractivity contribution is 9.11. The van der Waals surface area contributed by atoms with Crippen molar-refractivity contribution >= 4 is 118 Å². The van der Waals surface area contributed by atoms with Crippen LogP contribution in [0.1, 0.15) is 48.9 Å². The molecule has 0 aliphatic rings. The van der Waals surface area contributed by atoms with Gasteiger partial charge in [-0.2, -0.15) is 0 Å². The minimum Gasteiger partial charge on any atom is -0.477 e. The smallest absolute Gasteiger partial charge is 0.407 e. The molecule has 20 heteroatoms. The van der Waals surface area contributed by atoms with Crippen LogP contribution in [-0.2, 0) is 20.9 Å². The van der Waals surface area contributed by atoms with Gasteiger partial charge in [0.05, 0.1) is 28.2 Å². The third kappa shape index (κ3) is 17.9. The number of aromatic nitrogens is 2. The first kappa shape index (κ1) is 46.9. The number of halogens is 3. The van der Waals surface area contributed by atoms with Crippen molar-refractivity contribution in [2.24, 2.45) is 0 Å². The Morgan fingerprint density at radius 3 is 1.71 bits per heavy atom. The van der Waals surface area contributed by atoms with Crippen molar-refractivity contribution in [3.63, 3.8) is 0 Å². The predicted molar refractivity (Wildman–Crippen MR) is 225 cm³/mol. The van der Waals surface area contributed by atoms with Crippen molar-refractivity contribution in [3.05, 3.63) is 117 Å². The van der Waals surface area contributed by atoms with E-state index in [0.717, 1.165) is 16.9 Å². The number of carboxylic acids is 1. The van der Waals surface area contributed by atoms with Gasteiger partial charge in [-0.1, -0.05) is 37.8 Å². The summed E-state index contributed by atoms with van der Waals surface area (Å²) in [6.07, 6.45) is 2.59. The van der Waals surface area contributed by atoms with Crippen LogP contribution in [0.15, 0.2) is 96.5 Å². The van der Waals surface area contributed by atoms with E-state index in [9.17, 15) is 24.0 Å². The minimum absolute atomic E-state index is 0. The van der Waals surface area contributed by atoms with Gasteiger partial charge in [-0.05, 0) is 103 Å². The van der Waals surface area contributed by atoms with Gasteiger partial charge in [0.2, 0.25) is 5.95 Å². The van der Waals surface area contributed by atoms with Crippen molar-refractivity contribution in [3.8, 4) is 0 Å². The van der Waals surface area contributed by atoms with Crippen LogP contribution in [0, 0.1) is 0 Å². The summed E-state index contributed by atoms with van der Waals surface area (Å²) in [5, 5.41) is 19.3. The molecular formula is C35H37Br3N6O8S3. The van der Waals surface area contributed by atoms with Crippen LogP contribution in [0.3, 0.4) is 0 Å². The van der Waals surface area contributed by atoms with Gasteiger partial charge in [0.15, 0.2) is 0 Å². The number of hydrogen-bond acceptors (Lipinski definition) is 13. The first-order chi connectivity index (χ1) is 25.8. The highest BCUT2D eigenvalue weighted by atomic mass is 79.9. The van der Waals surface area contributed by atoms with E-state index in [4.69, 9.17) is 14.6 Å². The lowest BCUT2D eigenvalue weighted by Gasteiger charge is -2.16. The average Bonchev–Trinajstić information content (AvgIpc) is 3.93. The van der Waals surface area contributed by atoms with Crippen LogP contribution in [0.4, 0.5) is 10.7 Å². The number of anilines is 1. The molecule has 0 fully saturated rings. The van der Waals surface area contributed by atoms with E-state index in [-0.39, 0.29) is 44.4 Å². The van der Waals surface area contributed by atoms with E-state index in [1.165, 1.54) is 41.1 Å². The number of alkyl carbamates (subject to hydrolysis) is 1. The SMILES string of the molecule is C.COC(=O)C(CNC(=O)c1ccc(Br)s1)Nc1ncccn1.C[C@H](CNC(=O)c1ccc(Br)s1)NC(=O)OCc1ccccc1.O=C(O)c1ccc(Br)s1. The fraction of sp³-hybridized carbons (Fsp3) is 0.229. The number of thiophene rings is 3. The summed E-state index contributed by atoms with van der Waals surface area (Å²) >= 11 is 13.6. The molecule has 0 saturated heterocycles. The Morgan fingerprint density at radius 2 is 1.25 bits per heavy atom. The summed E-state index contributed by atoms with van der Waals surface area (Å²) in [6, 6.07) is 20.4. The molecule has 0 aliphatic heterocycles. The van der Waals surface area contributed by atoms with E-state index in [0.29, 0.717) is 21.2 Å². The Hall–Kier alpha value is -4.21. The van der Waals surface area contributed by atoms with Crippen LogP contribution in [0.25, 0.3) is 0 Å². The van der Waals surface area contributed by atoms with Crippen molar-refractivity contribution in [2.75, 3.05) is 25.5 Å². The van der Waals surface area contributed by atoms with Crippen LogP contribution in [0.2, 0.25) is 0 Å². The molecule has 5 rings (SSSR count). The quantitative estimate of drug-likeness (QED) is 0.0715. The van der Waals surface area contributed by atoms with Gasteiger partial charge in [0.1, 0.15) is 17.5 Å². The van der Waals surface area contributed by atoms with E-state index in [1.54, 1.807) is 55.7 Å². The molecule has 4 aromatic heterocycles. The van der Waals surface area contributed by atoms with E-state index in [1.807, 2.05) is 36.4 Å². The molecule has 14 nitrogen and oxygen atoms in total. The van der Waals surface area contributed by atoms with Gasteiger partial charge < -0.3 is 35.8 Å². The van der Waals surface area contributed by atoms with E-state index >= 15 is 0 Å². The Balaban J connectivity index is 0.000000307. The fourth-order valence-electron chi connectivity index (χ4n) is 3.80. The maximum atomic E-state index is 12.0. The van der Waals surface area contributed by atoms with Gasteiger partial charge in [0.25, 0.3) is 11.8 Å². The molecule has 0 saturated carbocycles. The normalized spacial score (nSPS) is 11.0. The number of ether oxygens (including phenoxy) is 2. The lowest BCUT2D eigenvalue weighted by atomic mass is 10.2. The summed E-state index contributed by atoms with van der Waals surface area (Å²) in [5.41, 5.74) is 0.923. The number of rotatable bonds is 13. The molecule has 4 heterocycles. The molecule has 294 valence electrons. The van der Waals surface area contributed by atoms with E-state index in [2.05, 4.69) is 79.0 Å². The molecule has 3 amide bonds. The van der Waals surface area contributed by atoms with Gasteiger partial charge in [-0.15, -0.1) is 34.0 Å². The highest BCUT2D eigenvalue weighted by Crippen LogP contribution is 2.23. The maximum absolute atomic E-state index is 12.0. The number of aromatic carboxylic acids is 1. The molecule has 2 atom stereocenters. The number of carbonyl (C=O) groups is 5. The summed E-state index contributed by atoms with van der Waals surface area (Å²) in [5.74, 6) is -1.52. The van der Waals surface area contributed by atoms with E-state index < -0.39 is 24.1 Å². The van der Waals surface area contributed by atoms with Crippen molar-refractivity contribution in [1.82, 2.24) is 25.9 Å². The molecule has 0 bridgehead atoms. The lowest BCUT2D eigenvalue weighted by Crippen LogP contribution is -2.42. The Labute approximate surface area is 354 Å². The number of amides is 3. The molecule has 5 aromatic rings. The van der Waals surface area contributed by atoms with Crippen LogP contribution >= 0.6 is 81.8 Å². The molecule has 0 spiro atoms. The van der Waals surface area contributed by atoms with Crippen molar-refractivity contribution < 1.29 is 38.6 Å². The topological polar surface area (TPSA) is 198 Å². The predicted octanol–water partition coefficient (Wildman–Crippen LogP) is 8.08. The number of nitrogens with zero attached hydrogens (tertiary/aromatic N) is 2. The second-order valence-corrected chi connectivity index (χ2v) is 17.8. The van der Waals surface area contributed by atoms with Crippen molar-refractivity contribution in [2.45, 2.75) is 33.0 Å². The maximum Gasteiger partial charge on any atom is 0.407 e. The summed E-state index contributed by atoms with van der Waals surface area (Å²) in [6.45, 7) is 2.40. The molecule has 5 N–H and O–H groups in total. The third-order valence-corrected chi connectivity index (χ3v) is 11.2. The summed E-state index contributed by atoms with van der Waals surface area (Å²) in [4.78, 5) is 67.0. The number of benzene rings is 1. The van der Waals surface area contributed by atoms with Gasteiger partial charge >= 0.3 is 18.0 Å². The standard InChI is InChI=1S/C16H17BrN2O3S.C13H13BrN4O3S.C5H3BrO2S.CH4/c1-11(9-18-15(20)13-7-8-14(17)23-13)19-16(21)22-10-12-5-3-2-4-6-12;1-21-12(20)8(18-13-15-5-2-6-16-13)7-17-11(19)9-3-4-10(14)22-9;6-4-2-1-3(9-4)5(7)8;/h2-8,11H,9-10H2,1H3,(H,18,20)(H,19,21);2-6,8H,7H2,1H3,(H,17,19)(H,15,16,18);1-2H,(H,7,8);1H4/t11-;;;/m1.../s1. The average molecular weight is 1010 g/mol. The van der Waals surface area contributed by atoms with Gasteiger partial charge in [0, 0.05) is 31.5 Å². The number of nitrogens with one attached hydrogen (secondary N) is 4. The largest absolute Gasteiger partial charge is 0.477 e. The molecule has 55 heavy (non-hydrogen) atoms. The van der Waals surface area contributed by atoms with Crippen LogP contribution in [-0.4, -0.2) is 77.2 Å². The first-order valence-corrected chi connectivity index (χ1v) is 20.3. The Kier molecular flexibility index (Phi) is 21.4. The fourth-order valence-corrected chi connectivity index (χ4v) is 7.63. The van der Waals surface area contributed by atoms with Crippen LogP contribution < -0.4 is 21.3 Å². The number of esters is 1. The van der Waals surface area contributed by atoms with Crippen molar-refractivity contribution in [1.29, 1.82) is 0 Å². The molecule has 1 aromatic carbocycles. The number of methoxy groups -OCH3 is 1. The zero-order chi connectivity index (χ0) is 39.5. The number of carboxylic acid groups (broad SMARTS) is 1. The molecule has 1 unspecified atom stereocenters. The highest BCUT2D eigenvalue weighted by Gasteiger charge is 2.21. The summed E-state index contributed by atoms with van der Waals surface area (Å²) < 4.78 is 12.4. The Bertz CT molecular complexity index is 1960. The molecule has 0 aliphatic carbocycles. The van der Waals surface area contributed by atoms with Crippen LogP contribution in [0.5, 0.6) is 0 Å². The monoisotopic (exact) mass is 1000 g/mol. The Morgan fingerprint density at radius 1 is 0.745 bits per heavy atom. The second kappa shape index (κ2) is 25.0. The number of hydrogen-bond donors (Lipinski definition) is 5. The second-order valence-electron chi connectivity index (χ2n) is 10.4. The molecular weight excluding hydrogens is 968 g/mol. The zero-order valence-corrected chi connectivity index (χ0v) is 35.6. The molecule has 0 radical (unpaired) electrons. The zero-order valence-electron chi connectivity index (χ0n) is 28.4. The number of carbonyl (C=O) groups excluding carboxylic acids is 4.